The van der Waals surface area contributed by atoms with Crippen molar-refractivity contribution in [3.8, 4) is 0 Å². The van der Waals surface area contributed by atoms with Crippen LogP contribution in [0.4, 0.5) is 4.39 Å². The predicted octanol–water partition coefficient (Wildman–Crippen LogP) is 1.07. The molecule has 0 radical (unpaired) electrons. The number of rotatable bonds is 3. The standard InChI is InChI=1S/C8H16FNO/c1-3-11-6-8-4-7(9)5-10(8)2/h7-8H,3-6H2,1-2H3. The quantitative estimate of drug-likeness (QED) is 0.613. The monoisotopic (exact) mass is 161 g/mol. The van der Waals surface area contributed by atoms with Crippen molar-refractivity contribution < 1.29 is 9.13 Å². The minimum absolute atomic E-state index is 0.296. The largest absolute Gasteiger partial charge is 0.380 e. The highest BCUT2D eigenvalue weighted by Gasteiger charge is 2.28. The van der Waals surface area contributed by atoms with Crippen molar-refractivity contribution in [2.24, 2.45) is 0 Å². The lowest BCUT2D eigenvalue weighted by atomic mass is 10.2. The first-order valence-electron chi connectivity index (χ1n) is 4.16. The average molecular weight is 161 g/mol. The molecule has 0 bridgehead atoms. The summed E-state index contributed by atoms with van der Waals surface area (Å²) >= 11 is 0. The van der Waals surface area contributed by atoms with Crippen LogP contribution in [0.2, 0.25) is 0 Å². The number of likely N-dealkylation sites (tertiary alicyclic amines) is 1. The van der Waals surface area contributed by atoms with E-state index in [9.17, 15) is 4.39 Å². The van der Waals surface area contributed by atoms with Crippen LogP contribution in [-0.2, 0) is 4.74 Å². The molecule has 1 rings (SSSR count). The van der Waals surface area contributed by atoms with Gasteiger partial charge in [-0.25, -0.2) is 4.39 Å². The third-order valence-electron chi connectivity index (χ3n) is 2.15. The van der Waals surface area contributed by atoms with Crippen molar-refractivity contribution in [1.29, 1.82) is 0 Å². The van der Waals surface area contributed by atoms with Gasteiger partial charge in [0.2, 0.25) is 0 Å². The van der Waals surface area contributed by atoms with Crippen LogP contribution in [-0.4, -0.2) is 43.9 Å². The number of ether oxygens (including phenoxy) is 1. The van der Waals surface area contributed by atoms with Gasteiger partial charge in [-0.2, -0.15) is 0 Å². The molecule has 1 aliphatic heterocycles. The summed E-state index contributed by atoms with van der Waals surface area (Å²) < 4.78 is 18.0. The fourth-order valence-electron chi connectivity index (χ4n) is 1.46. The number of hydrogen-bond acceptors (Lipinski definition) is 2. The van der Waals surface area contributed by atoms with Gasteiger partial charge in [0.05, 0.1) is 6.61 Å². The Morgan fingerprint density at radius 3 is 2.82 bits per heavy atom. The second-order valence-electron chi connectivity index (χ2n) is 3.09. The molecular weight excluding hydrogens is 145 g/mol. The van der Waals surface area contributed by atoms with Crippen LogP contribution in [0, 0.1) is 0 Å². The zero-order valence-corrected chi connectivity index (χ0v) is 7.22. The third-order valence-corrected chi connectivity index (χ3v) is 2.15. The summed E-state index contributed by atoms with van der Waals surface area (Å²) in [5.41, 5.74) is 0. The zero-order valence-electron chi connectivity index (χ0n) is 7.22. The topological polar surface area (TPSA) is 12.5 Å². The predicted molar refractivity (Wildman–Crippen MR) is 42.4 cm³/mol. The van der Waals surface area contributed by atoms with Crippen molar-refractivity contribution in [1.82, 2.24) is 4.90 Å². The van der Waals surface area contributed by atoms with Crippen molar-refractivity contribution in [2.45, 2.75) is 25.6 Å². The molecule has 0 aromatic carbocycles. The number of hydrogen-bond donors (Lipinski definition) is 0. The molecule has 2 nitrogen and oxygen atoms in total. The summed E-state index contributed by atoms with van der Waals surface area (Å²) in [7, 11) is 1.95. The van der Waals surface area contributed by atoms with Gasteiger partial charge in [-0.1, -0.05) is 0 Å². The van der Waals surface area contributed by atoms with Crippen LogP contribution in [0.5, 0.6) is 0 Å². The highest BCUT2D eigenvalue weighted by atomic mass is 19.1. The van der Waals surface area contributed by atoms with E-state index in [1.165, 1.54) is 0 Å². The van der Waals surface area contributed by atoms with Gasteiger partial charge in [0, 0.05) is 19.2 Å². The molecule has 3 heteroatoms. The number of nitrogens with zero attached hydrogens (tertiary/aromatic N) is 1. The normalized spacial score (nSPS) is 33.0. The van der Waals surface area contributed by atoms with Gasteiger partial charge in [0.15, 0.2) is 0 Å². The van der Waals surface area contributed by atoms with E-state index in [1.54, 1.807) is 0 Å². The van der Waals surface area contributed by atoms with Crippen molar-refractivity contribution in [3.05, 3.63) is 0 Å². The lowest BCUT2D eigenvalue weighted by Gasteiger charge is -2.17. The summed E-state index contributed by atoms with van der Waals surface area (Å²) in [6, 6.07) is 0.296. The maximum atomic E-state index is 12.8. The second kappa shape index (κ2) is 4.02. The Bertz CT molecular complexity index is 121. The van der Waals surface area contributed by atoms with Gasteiger partial charge >= 0.3 is 0 Å². The Hall–Kier alpha value is -0.150. The Balaban J connectivity index is 2.23. The second-order valence-corrected chi connectivity index (χ2v) is 3.09. The number of alkyl halides is 1. The van der Waals surface area contributed by atoms with Crippen LogP contribution >= 0.6 is 0 Å². The first kappa shape index (κ1) is 8.94. The Morgan fingerprint density at radius 1 is 1.64 bits per heavy atom. The van der Waals surface area contributed by atoms with Crippen molar-refractivity contribution in [3.63, 3.8) is 0 Å². The number of halogens is 1. The molecule has 0 aromatic heterocycles. The zero-order chi connectivity index (χ0) is 8.27. The summed E-state index contributed by atoms with van der Waals surface area (Å²) in [6.45, 7) is 3.92. The minimum Gasteiger partial charge on any atom is -0.380 e. The van der Waals surface area contributed by atoms with Gasteiger partial charge in [0.1, 0.15) is 6.17 Å². The van der Waals surface area contributed by atoms with Crippen LogP contribution < -0.4 is 0 Å². The van der Waals surface area contributed by atoms with Crippen LogP contribution in [0.15, 0.2) is 0 Å². The fourth-order valence-corrected chi connectivity index (χ4v) is 1.46. The SMILES string of the molecule is CCOCC1CC(F)CN1C. The van der Waals surface area contributed by atoms with Gasteiger partial charge in [-0.3, -0.25) is 4.90 Å². The molecule has 2 atom stereocenters. The third kappa shape index (κ3) is 2.42. The Labute approximate surface area is 67.3 Å². The van der Waals surface area contributed by atoms with Gasteiger partial charge < -0.3 is 4.74 Å². The molecule has 1 fully saturated rings. The van der Waals surface area contributed by atoms with E-state index in [0.717, 1.165) is 6.61 Å². The molecule has 66 valence electrons. The minimum atomic E-state index is -0.648. The van der Waals surface area contributed by atoms with Gasteiger partial charge in [-0.05, 0) is 20.4 Å². The highest BCUT2D eigenvalue weighted by Crippen LogP contribution is 2.18. The summed E-state index contributed by atoms with van der Waals surface area (Å²) in [5, 5.41) is 0. The molecular formula is C8H16FNO. The number of likely N-dealkylation sites (N-methyl/N-ethyl adjacent to an activating group) is 1. The molecule has 0 aromatic rings. The summed E-state index contributed by atoms with van der Waals surface area (Å²) in [4.78, 5) is 2.03. The molecule has 0 aliphatic carbocycles. The van der Waals surface area contributed by atoms with E-state index in [-0.39, 0.29) is 0 Å². The molecule has 0 amide bonds. The molecule has 2 unspecified atom stereocenters. The summed E-state index contributed by atoms with van der Waals surface area (Å²) in [6.07, 6.45) is -0.0123. The van der Waals surface area contributed by atoms with Crippen molar-refractivity contribution in [2.75, 3.05) is 26.8 Å². The molecule has 0 spiro atoms. The van der Waals surface area contributed by atoms with E-state index in [0.29, 0.717) is 25.6 Å². The first-order chi connectivity index (χ1) is 5.24. The molecule has 1 heterocycles. The average Bonchev–Trinajstić information content (AvgIpc) is 2.26. The molecule has 0 N–H and O–H groups in total. The highest BCUT2D eigenvalue weighted by molar-refractivity contribution is 4.82. The molecule has 1 aliphatic rings. The maximum Gasteiger partial charge on any atom is 0.114 e. The Kier molecular flexibility index (Phi) is 3.27. The van der Waals surface area contributed by atoms with Crippen LogP contribution in [0.25, 0.3) is 0 Å². The molecule has 1 saturated heterocycles. The molecule has 11 heavy (non-hydrogen) atoms. The van der Waals surface area contributed by atoms with Crippen LogP contribution in [0.3, 0.4) is 0 Å². The van der Waals surface area contributed by atoms with E-state index < -0.39 is 6.17 Å². The van der Waals surface area contributed by atoms with Crippen LogP contribution in [0.1, 0.15) is 13.3 Å². The van der Waals surface area contributed by atoms with E-state index >= 15 is 0 Å². The van der Waals surface area contributed by atoms with E-state index in [2.05, 4.69) is 0 Å². The van der Waals surface area contributed by atoms with Gasteiger partial charge in [0.25, 0.3) is 0 Å². The fraction of sp³-hybridized carbons (Fsp3) is 1.00. The lowest BCUT2D eigenvalue weighted by molar-refractivity contribution is 0.0949. The Morgan fingerprint density at radius 2 is 2.36 bits per heavy atom. The molecule has 0 saturated carbocycles. The smallest absolute Gasteiger partial charge is 0.114 e. The first-order valence-corrected chi connectivity index (χ1v) is 4.16. The van der Waals surface area contributed by atoms with E-state index in [1.807, 2.05) is 18.9 Å². The van der Waals surface area contributed by atoms with E-state index in [4.69, 9.17) is 4.74 Å². The maximum absolute atomic E-state index is 12.8. The summed E-state index contributed by atoms with van der Waals surface area (Å²) in [5.74, 6) is 0. The van der Waals surface area contributed by atoms with Crippen molar-refractivity contribution >= 4 is 0 Å². The lowest BCUT2D eigenvalue weighted by Crippen LogP contribution is -2.29. The van der Waals surface area contributed by atoms with Gasteiger partial charge in [-0.15, -0.1) is 0 Å².